The summed E-state index contributed by atoms with van der Waals surface area (Å²) in [5.41, 5.74) is -0.758. The van der Waals surface area contributed by atoms with Gasteiger partial charge >= 0.3 is 5.69 Å². The lowest BCUT2D eigenvalue weighted by Gasteiger charge is -2.09. The number of hydrogen-bond donors (Lipinski definition) is 2. The van der Waals surface area contributed by atoms with Crippen molar-refractivity contribution in [3.8, 4) is 5.75 Å². The molecule has 0 aliphatic heterocycles. The molecule has 0 unspecified atom stereocenters. The smallest absolute Gasteiger partial charge is 0.315 e. The number of nitrogens with one attached hydrogen (secondary N) is 2. The molecule has 0 bridgehead atoms. The fourth-order valence-electron chi connectivity index (χ4n) is 1.70. The third-order valence-corrected chi connectivity index (χ3v) is 4.23. The zero-order valence-electron chi connectivity index (χ0n) is 12.7. The van der Waals surface area contributed by atoms with E-state index in [0.717, 1.165) is 13.2 Å². The number of halogens is 1. The van der Waals surface area contributed by atoms with Crippen molar-refractivity contribution in [3.63, 3.8) is 0 Å². The molecule has 1 aromatic rings. The van der Waals surface area contributed by atoms with E-state index in [4.69, 9.17) is 4.74 Å². The van der Waals surface area contributed by atoms with Crippen LogP contribution in [-0.2, 0) is 14.8 Å². The first kappa shape index (κ1) is 19.2. The van der Waals surface area contributed by atoms with Crippen molar-refractivity contribution in [3.05, 3.63) is 28.1 Å². The van der Waals surface area contributed by atoms with Gasteiger partial charge in [0, 0.05) is 32.8 Å². The second-order valence-corrected chi connectivity index (χ2v) is 6.12. The van der Waals surface area contributed by atoms with Crippen LogP contribution in [0.15, 0.2) is 17.0 Å². The summed E-state index contributed by atoms with van der Waals surface area (Å²) in [6.07, 6.45) is 0. The number of nitro groups is 1. The number of rotatable bonds is 10. The Morgan fingerprint density at radius 2 is 1.96 bits per heavy atom. The number of benzene rings is 1. The largest absolute Gasteiger partial charge is 0.488 e. The number of hydrogen-bond acceptors (Lipinski definition) is 7. The van der Waals surface area contributed by atoms with Gasteiger partial charge < -0.3 is 14.8 Å². The Morgan fingerprint density at radius 1 is 1.26 bits per heavy atom. The Bertz CT molecular complexity index is 652. The molecule has 0 aliphatic carbocycles. The van der Waals surface area contributed by atoms with E-state index in [1.165, 1.54) is 7.11 Å². The molecule has 130 valence electrons. The van der Waals surface area contributed by atoms with Crippen molar-refractivity contribution in [2.75, 3.05) is 40.5 Å². The molecular formula is C12H18FN3O6S. The molecule has 1 aromatic carbocycles. The molecule has 0 fully saturated rings. The van der Waals surface area contributed by atoms with Gasteiger partial charge in [0.1, 0.15) is 0 Å². The summed E-state index contributed by atoms with van der Waals surface area (Å²) in [5.74, 6) is -1.74. The monoisotopic (exact) mass is 351 g/mol. The molecule has 0 spiro atoms. The zero-order chi connectivity index (χ0) is 17.5. The van der Waals surface area contributed by atoms with E-state index in [1.54, 1.807) is 0 Å². The molecule has 11 heteroatoms. The van der Waals surface area contributed by atoms with Crippen LogP contribution in [0.1, 0.15) is 0 Å². The number of nitrogens with zero attached hydrogens (tertiary/aromatic N) is 1. The van der Waals surface area contributed by atoms with E-state index in [1.807, 2.05) is 0 Å². The summed E-state index contributed by atoms with van der Waals surface area (Å²) in [5, 5.41) is 13.8. The maximum Gasteiger partial charge on any atom is 0.315 e. The predicted molar refractivity (Wildman–Crippen MR) is 79.5 cm³/mol. The van der Waals surface area contributed by atoms with Crippen LogP contribution in [0.5, 0.6) is 5.75 Å². The summed E-state index contributed by atoms with van der Waals surface area (Å²) in [4.78, 5) is 9.44. The summed E-state index contributed by atoms with van der Waals surface area (Å²) >= 11 is 0. The highest BCUT2D eigenvalue weighted by atomic mass is 32.2. The fraction of sp³-hybridized carbons (Fsp3) is 0.500. The average Bonchev–Trinajstić information content (AvgIpc) is 2.49. The molecule has 0 amide bonds. The molecule has 0 radical (unpaired) electrons. The van der Waals surface area contributed by atoms with Crippen LogP contribution in [0.25, 0.3) is 0 Å². The zero-order valence-corrected chi connectivity index (χ0v) is 13.5. The molecule has 2 N–H and O–H groups in total. The van der Waals surface area contributed by atoms with Crippen molar-refractivity contribution in [2.45, 2.75) is 4.90 Å². The van der Waals surface area contributed by atoms with Crippen LogP contribution in [0.3, 0.4) is 0 Å². The lowest BCUT2D eigenvalue weighted by Crippen LogP contribution is -2.33. The van der Waals surface area contributed by atoms with Crippen LogP contribution in [-0.4, -0.2) is 53.8 Å². The molecule has 0 atom stereocenters. The van der Waals surface area contributed by atoms with E-state index in [9.17, 15) is 22.9 Å². The normalized spacial score (nSPS) is 11.4. The van der Waals surface area contributed by atoms with Gasteiger partial charge in [-0.05, 0) is 6.07 Å². The minimum Gasteiger partial charge on any atom is -0.488 e. The van der Waals surface area contributed by atoms with Gasteiger partial charge in [0.15, 0.2) is 5.82 Å². The number of methoxy groups -OCH3 is 2. The molecule has 0 aromatic heterocycles. The van der Waals surface area contributed by atoms with Gasteiger partial charge in [-0.15, -0.1) is 0 Å². The van der Waals surface area contributed by atoms with E-state index < -0.39 is 37.1 Å². The molecule has 0 heterocycles. The maximum absolute atomic E-state index is 13.8. The fourth-order valence-corrected chi connectivity index (χ4v) is 2.77. The van der Waals surface area contributed by atoms with Crippen molar-refractivity contribution >= 4 is 15.7 Å². The third kappa shape index (κ3) is 5.39. The van der Waals surface area contributed by atoms with Gasteiger partial charge in [-0.25, -0.2) is 17.5 Å². The van der Waals surface area contributed by atoms with Crippen LogP contribution in [0.4, 0.5) is 10.1 Å². The molecule has 9 nitrogen and oxygen atoms in total. The van der Waals surface area contributed by atoms with Crippen LogP contribution >= 0.6 is 0 Å². The van der Waals surface area contributed by atoms with E-state index in [2.05, 4.69) is 14.8 Å². The molecule has 1 rings (SSSR count). The van der Waals surface area contributed by atoms with Crippen LogP contribution < -0.4 is 14.8 Å². The maximum atomic E-state index is 13.8. The lowest BCUT2D eigenvalue weighted by molar-refractivity contribution is -0.386. The average molecular weight is 351 g/mol. The highest BCUT2D eigenvalue weighted by Gasteiger charge is 2.25. The summed E-state index contributed by atoms with van der Waals surface area (Å²) < 4.78 is 49.5. The van der Waals surface area contributed by atoms with Crippen LogP contribution in [0.2, 0.25) is 0 Å². The summed E-state index contributed by atoms with van der Waals surface area (Å²) in [6, 6.07) is 1.43. The molecule has 23 heavy (non-hydrogen) atoms. The Kier molecular flexibility index (Phi) is 7.29. The Morgan fingerprint density at radius 3 is 2.52 bits per heavy atom. The number of sulfonamides is 1. The molecule has 0 saturated heterocycles. The van der Waals surface area contributed by atoms with Gasteiger partial charge in [0.05, 0.1) is 23.5 Å². The highest BCUT2D eigenvalue weighted by Crippen LogP contribution is 2.32. The first-order valence-corrected chi connectivity index (χ1v) is 8.03. The van der Waals surface area contributed by atoms with Gasteiger partial charge in [0.2, 0.25) is 15.8 Å². The molecule has 0 aliphatic rings. The number of nitro benzene ring substituents is 1. The van der Waals surface area contributed by atoms with Gasteiger partial charge in [-0.3, -0.25) is 10.1 Å². The second-order valence-electron chi connectivity index (χ2n) is 4.36. The summed E-state index contributed by atoms with van der Waals surface area (Å²) in [6.45, 7) is 1.38. The second kappa shape index (κ2) is 8.72. The quantitative estimate of drug-likeness (QED) is 0.352. The van der Waals surface area contributed by atoms with Crippen molar-refractivity contribution in [2.24, 2.45) is 0 Å². The molecular weight excluding hydrogens is 333 g/mol. The van der Waals surface area contributed by atoms with Gasteiger partial charge in [0.25, 0.3) is 0 Å². The molecule has 0 saturated carbocycles. The number of ether oxygens (including phenoxy) is 2. The van der Waals surface area contributed by atoms with Crippen molar-refractivity contribution in [1.29, 1.82) is 0 Å². The van der Waals surface area contributed by atoms with Crippen LogP contribution in [0, 0.1) is 15.9 Å². The third-order valence-electron chi connectivity index (χ3n) is 2.79. The van der Waals surface area contributed by atoms with Gasteiger partial charge in [-0.1, -0.05) is 0 Å². The topological polar surface area (TPSA) is 120 Å². The van der Waals surface area contributed by atoms with E-state index in [0.29, 0.717) is 25.8 Å². The van der Waals surface area contributed by atoms with Gasteiger partial charge in [-0.2, -0.15) is 0 Å². The van der Waals surface area contributed by atoms with Crippen molar-refractivity contribution in [1.82, 2.24) is 10.0 Å². The van der Waals surface area contributed by atoms with E-state index >= 15 is 0 Å². The Labute approximate surface area is 133 Å². The SMILES string of the molecule is COCCNCCNS(=O)(=O)c1cc(F)c(OC)c([N+](=O)[O-])c1. The first-order chi connectivity index (χ1) is 10.8. The standard InChI is InChI=1S/C12H18FN3O6S/c1-21-6-5-14-3-4-15-23(19,20)9-7-10(13)12(22-2)11(8-9)16(17)18/h7-8,14-15H,3-6H2,1-2H3. The highest BCUT2D eigenvalue weighted by molar-refractivity contribution is 7.89. The van der Waals surface area contributed by atoms with Crippen molar-refractivity contribution < 1.29 is 27.2 Å². The predicted octanol–water partition coefficient (Wildman–Crippen LogP) is 0.257. The van der Waals surface area contributed by atoms with E-state index in [-0.39, 0.29) is 6.54 Å². The minimum atomic E-state index is -4.08. The first-order valence-electron chi connectivity index (χ1n) is 6.54. The Balaban J connectivity index is 2.86. The lowest BCUT2D eigenvalue weighted by atomic mass is 10.3. The minimum absolute atomic E-state index is 0.0352. The summed E-state index contributed by atoms with van der Waals surface area (Å²) in [7, 11) is -1.48. The Hall–Kier alpha value is -1.82.